The average Bonchev–Trinajstić information content (AvgIpc) is 3.52. The van der Waals surface area contributed by atoms with Crippen LogP contribution < -0.4 is 15.5 Å². The lowest BCUT2D eigenvalue weighted by Crippen LogP contribution is -2.56. The van der Waals surface area contributed by atoms with Crippen molar-refractivity contribution in [3.63, 3.8) is 0 Å². The van der Waals surface area contributed by atoms with Gasteiger partial charge in [-0.15, -0.1) is 0 Å². The number of ether oxygens (including phenoxy) is 1. The number of nitrogens with one attached hydrogen (secondary N) is 3. The van der Waals surface area contributed by atoms with Crippen molar-refractivity contribution < 1.29 is 9.53 Å². The summed E-state index contributed by atoms with van der Waals surface area (Å²) in [5.41, 5.74) is 0.291. The van der Waals surface area contributed by atoms with Gasteiger partial charge in [0.1, 0.15) is 11.4 Å². The highest BCUT2D eigenvalue weighted by Crippen LogP contribution is 2.39. The number of carbonyl (C=O) groups excluding carboxylic acids is 1. The summed E-state index contributed by atoms with van der Waals surface area (Å²) >= 11 is 0. The van der Waals surface area contributed by atoms with Crippen molar-refractivity contribution in [3.05, 3.63) is 24.0 Å². The molecule has 1 aliphatic heterocycles. The lowest BCUT2D eigenvalue weighted by atomic mass is 9.78. The van der Waals surface area contributed by atoms with Crippen molar-refractivity contribution >= 4 is 23.7 Å². The normalized spacial score (nSPS) is 20.8. The number of amides is 1. The van der Waals surface area contributed by atoms with Crippen molar-refractivity contribution in [2.24, 2.45) is 5.92 Å². The molecule has 2 atom stereocenters. The second-order valence-corrected chi connectivity index (χ2v) is 10.5. The molecule has 9 heteroatoms. The SMILES string of the molecule is CCC(C)(NC(=O)OC(C)(C)C)C1CCCN(c2nccc(Nc3cc(C4CC4)[nH]n3)n2)C1. The quantitative estimate of drug-likeness (QED) is 0.554. The Balaban J connectivity index is 1.42. The molecule has 180 valence electrons. The van der Waals surface area contributed by atoms with Crippen molar-refractivity contribution in [3.8, 4) is 0 Å². The van der Waals surface area contributed by atoms with Crippen molar-refractivity contribution in [2.75, 3.05) is 23.3 Å². The minimum atomic E-state index is -0.521. The predicted molar refractivity (Wildman–Crippen MR) is 129 cm³/mol. The first-order valence-corrected chi connectivity index (χ1v) is 12.1. The van der Waals surface area contributed by atoms with Crippen LogP contribution in [0.5, 0.6) is 0 Å². The fraction of sp³-hybridized carbons (Fsp3) is 0.667. The molecule has 0 spiro atoms. The summed E-state index contributed by atoms with van der Waals surface area (Å²) in [6, 6.07) is 3.92. The third kappa shape index (κ3) is 5.94. The van der Waals surface area contributed by atoms with Crippen molar-refractivity contribution in [2.45, 2.75) is 83.8 Å². The zero-order chi connectivity index (χ0) is 23.6. The third-order valence-electron chi connectivity index (χ3n) is 6.64. The first kappa shape index (κ1) is 23.3. The molecule has 0 radical (unpaired) electrons. The summed E-state index contributed by atoms with van der Waals surface area (Å²) in [6.45, 7) is 11.5. The van der Waals surface area contributed by atoms with E-state index in [2.05, 4.69) is 50.6 Å². The zero-order valence-electron chi connectivity index (χ0n) is 20.4. The number of alkyl carbamates (subject to hydrolysis) is 1. The van der Waals surface area contributed by atoms with E-state index in [1.807, 2.05) is 26.8 Å². The number of hydrogen-bond donors (Lipinski definition) is 3. The highest BCUT2D eigenvalue weighted by molar-refractivity contribution is 5.68. The van der Waals surface area contributed by atoms with Crippen molar-refractivity contribution in [1.82, 2.24) is 25.5 Å². The van der Waals surface area contributed by atoms with Gasteiger partial charge < -0.3 is 20.3 Å². The number of H-pyrrole nitrogens is 1. The maximum atomic E-state index is 12.5. The largest absolute Gasteiger partial charge is 0.444 e. The van der Waals surface area contributed by atoms with E-state index in [0.717, 1.165) is 44.0 Å². The van der Waals surface area contributed by atoms with Gasteiger partial charge in [0.2, 0.25) is 5.95 Å². The summed E-state index contributed by atoms with van der Waals surface area (Å²) in [7, 11) is 0. The van der Waals surface area contributed by atoms with E-state index in [0.29, 0.717) is 11.9 Å². The Morgan fingerprint density at radius 2 is 2.03 bits per heavy atom. The van der Waals surface area contributed by atoms with Crippen LogP contribution in [0.1, 0.15) is 78.3 Å². The predicted octanol–water partition coefficient (Wildman–Crippen LogP) is 4.73. The highest BCUT2D eigenvalue weighted by Gasteiger charge is 2.38. The van der Waals surface area contributed by atoms with E-state index in [9.17, 15) is 4.79 Å². The minimum absolute atomic E-state index is 0.261. The number of nitrogens with zero attached hydrogens (tertiary/aromatic N) is 4. The van der Waals surface area contributed by atoms with Crippen LogP contribution in [0.15, 0.2) is 18.3 Å². The number of aromatic nitrogens is 4. The van der Waals surface area contributed by atoms with E-state index in [1.54, 1.807) is 6.20 Å². The molecular weight excluding hydrogens is 418 g/mol. The third-order valence-corrected chi connectivity index (χ3v) is 6.64. The van der Waals surface area contributed by atoms with E-state index in [4.69, 9.17) is 9.72 Å². The number of carbonyl (C=O) groups is 1. The fourth-order valence-electron chi connectivity index (χ4n) is 4.40. The van der Waals surface area contributed by atoms with Crippen LogP contribution in [0.3, 0.4) is 0 Å². The van der Waals surface area contributed by atoms with E-state index < -0.39 is 5.60 Å². The molecule has 3 N–H and O–H groups in total. The summed E-state index contributed by atoms with van der Waals surface area (Å²) in [6.07, 6.45) is 6.74. The molecule has 1 saturated heterocycles. The van der Waals surface area contributed by atoms with Gasteiger partial charge in [-0.3, -0.25) is 5.10 Å². The van der Waals surface area contributed by atoms with Gasteiger partial charge in [0.15, 0.2) is 5.82 Å². The smallest absolute Gasteiger partial charge is 0.408 e. The Bertz CT molecular complexity index is 966. The summed E-state index contributed by atoms with van der Waals surface area (Å²) < 4.78 is 5.53. The number of piperidine rings is 1. The molecule has 2 aliphatic rings. The van der Waals surface area contributed by atoms with Crippen LogP contribution in [-0.4, -0.2) is 50.5 Å². The summed E-state index contributed by atoms with van der Waals surface area (Å²) in [4.78, 5) is 24.0. The first-order valence-electron chi connectivity index (χ1n) is 12.1. The Kier molecular flexibility index (Phi) is 6.50. The van der Waals surface area contributed by atoms with Crippen LogP contribution in [-0.2, 0) is 4.74 Å². The van der Waals surface area contributed by atoms with E-state index >= 15 is 0 Å². The Morgan fingerprint density at radius 1 is 1.24 bits per heavy atom. The van der Waals surface area contributed by atoms with Gasteiger partial charge >= 0.3 is 6.09 Å². The number of anilines is 3. The second-order valence-electron chi connectivity index (χ2n) is 10.5. The van der Waals surface area contributed by atoms with Crippen LogP contribution in [0.4, 0.5) is 22.4 Å². The maximum Gasteiger partial charge on any atom is 0.408 e. The van der Waals surface area contributed by atoms with Crippen LogP contribution >= 0.6 is 0 Å². The molecule has 1 aliphatic carbocycles. The Hall–Kier alpha value is -2.84. The van der Waals surface area contributed by atoms with Gasteiger partial charge in [-0.05, 0) is 71.8 Å². The Morgan fingerprint density at radius 3 is 2.73 bits per heavy atom. The Labute approximate surface area is 196 Å². The molecule has 2 aromatic rings. The van der Waals surface area contributed by atoms with Gasteiger partial charge in [0, 0.05) is 42.5 Å². The fourth-order valence-corrected chi connectivity index (χ4v) is 4.40. The van der Waals surface area contributed by atoms with E-state index in [-0.39, 0.29) is 17.6 Å². The molecular formula is C24H37N7O2. The number of aromatic amines is 1. The lowest BCUT2D eigenvalue weighted by molar-refractivity contribution is 0.0407. The molecule has 2 unspecified atom stereocenters. The average molecular weight is 456 g/mol. The second kappa shape index (κ2) is 9.19. The molecule has 4 rings (SSSR count). The molecule has 3 heterocycles. The number of hydrogen-bond acceptors (Lipinski definition) is 7. The molecule has 33 heavy (non-hydrogen) atoms. The van der Waals surface area contributed by atoms with Gasteiger partial charge in [-0.2, -0.15) is 10.1 Å². The van der Waals surface area contributed by atoms with Crippen LogP contribution in [0, 0.1) is 5.92 Å². The molecule has 2 fully saturated rings. The zero-order valence-corrected chi connectivity index (χ0v) is 20.4. The van der Waals surface area contributed by atoms with E-state index in [1.165, 1.54) is 18.5 Å². The van der Waals surface area contributed by atoms with Gasteiger partial charge in [-0.1, -0.05) is 6.92 Å². The number of rotatable bonds is 7. The van der Waals surface area contributed by atoms with Crippen LogP contribution in [0.2, 0.25) is 0 Å². The minimum Gasteiger partial charge on any atom is -0.444 e. The van der Waals surface area contributed by atoms with Crippen LogP contribution in [0.25, 0.3) is 0 Å². The molecule has 2 aromatic heterocycles. The van der Waals surface area contributed by atoms with Gasteiger partial charge in [0.05, 0.1) is 0 Å². The molecule has 0 bridgehead atoms. The molecule has 0 aromatic carbocycles. The van der Waals surface area contributed by atoms with Gasteiger partial charge in [-0.25, -0.2) is 9.78 Å². The van der Waals surface area contributed by atoms with Gasteiger partial charge in [0.25, 0.3) is 0 Å². The van der Waals surface area contributed by atoms with Crippen molar-refractivity contribution in [1.29, 1.82) is 0 Å². The molecule has 1 saturated carbocycles. The summed E-state index contributed by atoms with van der Waals surface area (Å²) in [5, 5.41) is 13.9. The standard InChI is InChI=1S/C24H37N7O2/c1-6-24(5,28-22(32)33-23(2,3)4)17-8-7-13-31(15-17)21-25-12-11-19(27-21)26-20-14-18(29-30-20)16-9-10-16/h11-12,14,16-17H,6-10,13,15H2,1-5H3,(H,28,32)(H2,25,26,27,29,30). The molecule has 1 amide bonds. The monoisotopic (exact) mass is 455 g/mol. The molecule has 9 nitrogen and oxygen atoms in total. The maximum absolute atomic E-state index is 12.5. The summed E-state index contributed by atoms with van der Waals surface area (Å²) in [5.74, 6) is 3.08. The highest BCUT2D eigenvalue weighted by atomic mass is 16.6. The lowest BCUT2D eigenvalue weighted by Gasteiger charge is -2.43. The first-order chi connectivity index (χ1) is 15.6. The topological polar surface area (TPSA) is 108 Å².